The number of rotatable bonds is 6. The Morgan fingerprint density at radius 3 is 2.41 bits per heavy atom. The number of carbonyl (C=O) groups is 2. The van der Waals surface area contributed by atoms with Crippen LogP contribution in [0.4, 0.5) is 5.69 Å². The predicted molar refractivity (Wildman–Crippen MR) is 132 cm³/mol. The first-order valence-electron chi connectivity index (χ1n) is 11.3. The number of aliphatic hydroxyl groups excluding tert-OH is 1. The molecular weight excluding hydrogens is 428 g/mol. The lowest BCUT2D eigenvalue weighted by Gasteiger charge is -2.26. The van der Waals surface area contributed by atoms with E-state index in [1.54, 1.807) is 48.7 Å². The summed E-state index contributed by atoms with van der Waals surface area (Å²) in [6, 6.07) is 16.9. The molecule has 1 aliphatic heterocycles. The number of nitrogens with zero attached hydrogens (tertiary/aromatic N) is 2. The number of carbonyl (C=O) groups excluding carboxylic acids is 2. The topological polar surface area (TPSA) is 79.7 Å². The van der Waals surface area contributed by atoms with E-state index in [9.17, 15) is 14.7 Å². The first-order chi connectivity index (χ1) is 16.3. The van der Waals surface area contributed by atoms with Gasteiger partial charge in [0, 0.05) is 17.4 Å². The van der Waals surface area contributed by atoms with Crippen molar-refractivity contribution in [3.8, 4) is 5.75 Å². The zero-order valence-corrected chi connectivity index (χ0v) is 19.8. The number of hydrogen-bond donors (Lipinski definition) is 1. The Hall–Kier alpha value is -3.93. The van der Waals surface area contributed by atoms with E-state index < -0.39 is 17.7 Å². The zero-order valence-electron chi connectivity index (χ0n) is 19.8. The molecule has 0 aliphatic carbocycles. The van der Waals surface area contributed by atoms with Crippen LogP contribution in [0.1, 0.15) is 42.3 Å². The van der Waals surface area contributed by atoms with Crippen LogP contribution in [0.2, 0.25) is 0 Å². The number of ether oxygens (including phenoxy) is 1. The molecule has 6 nitrogen and oxygen atoms in total. The Balaban J connectivity index is 1.83. The van der Waals surface area contributed by atoms with Gasteiger partial charge in [0.25, 0.3) is 11.7 Å². The lowest BCUT2D eigenvalue weighted by atomic mass is 9.97. The molecular formula is C28H28N2O4. The van der Waals surface area contributed by atoms with E-state index >= 15 is 0 Å². The third kappa shape index (κ3) is 4.31. The van der Waals surface area contributed by atoms with Crippen molar-refractivity contribution in [2.24, 2.45) is 5.92 Å². The zero-order chi connectivity index (χ0) is 24.4. The maximum atomic E-state index is 13.3. The highest BCUT2D eigenvalue weighted by atomic mass is 16.5. The van der Waals surface area contributed by atoms with Crippen LogP contribution in [-0.4, -0.2) is 28.4 Å². The number of ketones is 1. The van der Waals surface area contributed by atoms with Crippen LogP contribution >= 0.6 is 0 Å². The van der Waals surface area contributed by atoms with Gasteiger partial charge < -0.3 is 9.84 Å². The Bertz CT molecular complexity index is 1250. The molecule has 2 aromatic carbocycles. The van der Waals surface area contributed by atoms with Crippen molar-refractivity contribution in [2.45, 2.75) is 33.7 Å². The highest BCUT2D eigenvalue weighted by molar-refractivity contribution is 6.51. The first-order valence-corrected chi connectivity index (χ1v) is 11.3. The third-order valence-electron chi connectivity index (χ3n) is 5.96. The summed E-state index contributed by atoms with van der Waals surface area (Å²) in [6.07, 6.45) is 1.61. The van der Waals surface area contributed by atoms with Crippen LogP contribution in [0.25, 0.3) is 5.76 Å². The summed E-state index contributed by atoms with van der Waals surface area (Å²) in [6.45, 7) is 8.56. The SMILES string of the molecule is Cc1cccc(N2C(=O)C(=O)/C(=C(/O)c3ccc(OCC(C)C)cc3)C2c2ccccn2)c1C. The fourth-order valence-corrected chi connectivity index (χ4v) is 4.02. The van der Waals surface area contributed by atoms with Crippen molar-refractivity contribution in [1.29, 1.82) is 0 Å². The van der Waals surface area contributed by atoms with Gasteiger partial charge in [0.15, 0.2) is 0 Å². The monoisotopic (exact) mass is 456 g/mol. The maximum Gasteiger partial charge on any atom is 0.300 e. The average molecular weight is 457 g/mol. The Morgan fingerprint density at radius 1 is 1.03 bits per heavy atom. The predicted octanol–water partition coefficient (Wildman–Crippen LogP) is 5.36. The fraction of sp³-hybridized carbons (Fsp3) is 0.250. The number of Topliss-reactive ketones (excluding diaryl/α,β-unsaturated/α-hetero) is 1. The third-order valence-corrected chi connectivity index (χ3v) is 5.96. The summed E-state index contributed by atoms with van der Waals surface area (Å²) < 4.78 is 5.72. The Labute approximate surface area is 199 Å². The van der Waals surface area contributed by atoms with Crippen LogP contribution in [0.3, 0.4) is 0 Å². The van der Waals surface area contributed by atoms with Crippen molar-refractivity contribution in [2.75, 3.05) is 11.5 Å². The van der Waals surface area contributed by atoms with Crippen LogP contribution in [0, 0.1) is 19.8 Å². The molecule has 1 saturated heterocycles. The second kappa shape index (κ2) is 9.51. The van der Waals surface area contributed by atoms with Gasteiger partial charge in [-0.3, -0.25) is 19.5 Å². The molecule has 0 spiro atoms. The number of pyridine rings is 1. The lowest BCUT2D eigenvalue weighted by molar-refractivity contribution is -0.132. The number of aryl methyl sites for hydroxylation is 1. The average Bonchev–Trinajstić information content (AvgIpc) is 3.10. The number of benzene rings is 2. The minimum Gasteiger partial charge on any atom is -0.507 e. The van der Waals surface area contributed by atoms with E-state index in [0.717, 1.165) is 11.1 Å². The van der Waals surface area contributed by atoms with E-state index in [0.29, 0.717) is 35.2 Å². The molecule has 0 radical (unpaired) electrons. The number of aromatic nitrogens is 1. The number of anilines is 1. The van der Waals surface area contributed by atoms with E-state index in [1.165, 1.54) is 4.90 Å². The van der Waals surface area contributed by atoms with E-state index in [4.69, 9.17) is 4.74 Å². The van der Waals surface area contributed by atoms with Gasteiger partial charge in [0.1, 0.15) is 17.6 Å². The van der Waals surface area contributed by atoms with Crippen LogP contribution in [0.15, 0.2) is 72.4 Å². The van der Waals surface area contributed by atoms with E-state index in [-0.39, 0.29) is 11.3 Å². The highest BCUT2D eigenvalue weighted by Gasteiger charge is 2.48. The van der Waals surface area contributed by atoms with Crippen molar-refractivity contribution in [3.05, 3.63) is 94.8 Å². The number of aliphatic hydroxyl groups is 1. The van der Waals surface area contributed by atoms with Crippen LogP contribution in [0.5, 0.6) is 5.75 Å². The van der Waals surface area contributed by atoms with Gasteiger partial charge in [0.2, 0.25) is 0 Å². The first kappa shape index (κ1) is 23.2. The summed E-state index contributed by atoms with van der Waals surface area (Å²) in [7, 11) is 0. The number of hydrogen-bond acceptors (Lipinski definition) is 5. The summed E-state index contributed by atoms with van der Waals surface area (Å²) in [4.78, 5) is 32.4. The van der Waals surface area contributed by atoms with Gasteiger partial charge in [-0.15, -0.1) is 0 Å². The van der Waals surface area contributed by atoms with Gasteiger partial charge in [-0.05, 0) is 73.4 Å². The molecule has 1 aromatic heterocycles. The van der Waals surface area contributed by atoms with Gasteiger partial charge in [-0.2, -0.15) is 0 Å². The minimum atomic E-state index is -0.849. The molecule has 0 bridgehead atoms. The molecule has 1 fully saturated rings. The fourth-order valence-electron chi connectivity index (χ4n) is 4.02. The molecule has 1 N–H and O–H groups in total. The highest BCUT2D eigenvalue weighted by Crippen LogP contribution is 2.42. The molecule has 34 heavy (non-hydrogen) atoms. The molecule has 174 valence electrons. The van der Waals surface area contributed by atoms with Gasteiger partial charge in [-0.25, -0.2) is 0 Å². The van der Waals surface area contributed by atoms with Crippen molar-refractivity contribution >= 4 is 23.1 Å². The Morgan fingerprint density at radius 2 is 1.76 bits per heavy atom. The molecule has 4 rings (SSSR count). The molecule has 1 aliphatic rings. The molecule has 2 heterocycles. The van der Waals surface area contributed by atoms with Crippen molar-refractivity contribution in [1.82, 2.24) is 4.98 Å². The molecule has 0 saturated carbocycles. The van der Waals surface area contributed by atoms with Gasteiger partial charge >= 0.3 is 0 Å². The quantitative estimate of drug-likeness (QED) is 0.307. The largest absolute Gasteiger partial charge is 0.507 e. The summed E-state index contributed by atoms with van der Waals surface area (Å²) in [5.74, 6) is -0.621. The number of amides is 1. The van der Waals surface area contributed by atoms with Gasteiger partial charge in [-0.1, -0.05) is 32.0 Å². The molecule has 1 unspecified atom stereocenters. The summed E-state index contributed by atoms with van der Waals surface area (Å²) in [5.41, 5.74) is 3.45. The molecule has 1 amide bonds. The second-order valence-corrected chi connectivity index (χ2v) is 8.87. The smallest absolute Gasteiger partial charge is 0.300 e. The summed E-state index contributed by atoms with van der Waals surface area (Å²) >= 11 is 0. The second-order valence-electron chi connectivity index (χ2n) is 8.87. The van der Waals surface area contributed by atoms with Crippen LogP contribution < -0.4 is 9.64 Å². The summed E-state index contributed by atoms with van der Waals surface area (Å²) in [5, 5.41) is 11.2. The minimum absolute atomic E-state index is 0.0143. The standard InChI is InChI=1S/C28H28N2O4/c1-17(2)16-34-21-13-11-20(12-14-21)26(31)24-25(22-9-5-6-15-29-22)30(28(33)27(24)32)23-10-7-8-18(3)19(23)4/h5-15,17,25,31H,16H2,1-4H3/b26-24+. The van der Waals surface area contributed by atoms with Crippen molar-refractivity contribution < 1.29 is 19.4 Å². The maximum absolute atomic E-state index is 13.3. The van der Waals surface area contributed by atoms with E-state index in [2.05, 4.69) is 18.8 Å². The molecule has 6 heteroatoms. The van der Waals surface area contributed by atoms with E-state index in [1.807, 2.05) is 32.0 Å². The molecule has 1 atom stereocenters. The lowest BCUT2D eigenvalue weighted by Crippen LogP contribution is -2.30. The molecule has 3 aromatic rings. The van der Waals surface area contributed by atoms with Crippen LogP contribution in [-0.2, 0) is 9.59 Å². The normalized spacial score (nSPS) is 17.4. The van der Waals surface area contributed by atoms with Gasteiger partial charge in [0.05, 0.1) is 17.9 Å². The Kier molecular flexibility index (Phi) is 6.50. The van der Waals surface area contributed by atoms with Crippen molar-refractivity contribution in [3.63, 3.8) is 0 Å².